The van der Waals surface area contributed by atoms with Crippen LogP contribution in [0.1, 0.15) is 19.8 Å². The topological polar surface area (TPSA) is 74.4 Å². The lowest BCUT2D eigenvalue weighted by Crippen LogP contribution is -2.37. The van der Waals surface area contributed by atoms with Gasteiger partial charge in [-0.1, -0.05) is 0 Å². The number of nitrogens with two attached hydrogens (primary N) is 1. The molecule has 0 aliphatic carbocycles. The molecule has 0 aromatic carbocycles. The van der Waals surface area contributed by atoms with Gasteiger partial charge in [0.1, 0.15) is 5.82 Å². The fraction of sp³-hybridized carbons (Fsp3) is 0.583. The Bertz CT molecular complexity index is 361. The van der Waals surface area contributed by atoms with Gasteiger partial charge in [0.25, 0.3) is 0 Å². The Labute approximate surface area is 102 Å². The number of hydrazine groups is 1. The summed E-state index contributed by atoms with van der Waals surface area (Å²) < 4.78 is 0. The summed E-state index contributed by atoms with van der Waals surface area (Å²) in [5.74, 6) is 6.46. The van der Waals surface area contributed by atoms with Gasteiger partial charge in [-0.3, -0.25) is 0 Å². The summed E-state index contributed by atoms with van der Waals surface area (Å²) in [6, 6.07) is 3.94. The predicted octanol–water partition coefficient (Wildman–Crippen LogP) is 0.964. The molecule has 0 saturated carbocycles. The summed E-state index contributed by atoms with van der Waals surface area (Å²) in [6.07, 6.45) is 3.62. The second-order valence-corrected chi connectivity index (χ2v) is 4.61. The quantitative estimate of drug-likeness (QED) is 0.538. The van der Waals surface area contributed by atoms with Crippen molar-refractivity contribution in [3.63, 3.8) is 0 Å². The van der Waals surface area contributed by atoms with Crippen molar-refractivity contribution in [2.24, 2.45) is 11.8 Å². The van der Waals surface area contributed by atoms with Crippen LogP contribution in [0.25, 0.3) is 0 Å². The summed E-state index contributed by atoms with van der Waals surface area (Å²) in [5.41, 5.74) is 3.69. The van der Waals surface area contributed by atoms with Crippen LogP contribution in [0.3, 0.4) is 0 Å². The summed E-state index contributed by atoms with van der Waals surface area (Å²) in [5, 5.41) is 9.56. The molecule has 4 N–H and O–H groups in total. The van der Waals surface area contributed by atoms with Crippen molar-refractivity contribution < 1.29 is 5.11 Å². The van der Waals surface area contributed by atoms with Gasteiger partial charge in [-0.15, -0.1) is 0 Å². The summed E-state index contributed by atoms with van der Waals surface area (Å²) >= 11 is 0. The molecule has 5 heteroatoms. The van der Waals surface area contributed by atoms with Crippen molar-refractivity contribution in [3.05, 3.63) is 18.3 Å². The first-order valence-corrected chi connectivity index (χ1v) is 6.06. The van der Waals surface area contributed by atoms with Crippen LogP contribution in [0, 0.1) is 5.92 Å². The molecule has 1 atom stereocenters. The molecule has 0 radical (unpaired) electrons. The monoisotopic (exact) mass is 236 g/mol. The van der Waals surface area contributed by atoms with Crippen LogP contribution < -0.4 is 16.2 Å². The summed E-state index contributed by atoms with van der Waals surface area (Å²) in [7, 11) is 0. The van der Waals surface area contributed by atoms with E-state index in [2.05, 4.69) is 15.3 Å². The molecule has 0 spiro atoms. The zero-order valence-electron chi connectivity index (χ0n) is 10.1. The van der Waals surface area contributed by atoms with Gasteiger partial charge in [0.15, 0.2) is 0 Å². The fourth-order valence-corrected chi connectivity index (χ4v) is 2.34. The van der Waals surface area contributed by atoms with Gasteiger partial charge >= 0.3 is 0 Å². The maximum atomic E-state index is 9.56. The number of pyridine rings is 1. The summed E-state index contributed by atoms with van der Waals surface area (Å²) in [6.45, 7) is 3.83. The zero-order valence-corrected chi connectivity index (χ0v) is 10.1. The molecule has 1 aliphatic rings. The molecule has 1 aromatic rings. The van der Waals surface area contributed by atoms with E-state index in [1.54, 1.807) is 6.20 Å². The third-order valence-electron chi connectivity index (χ3n) is 3.48. The molecule has 0 bridgehead atoms. The van der Waals surface area contributed by atoms with Gasteiger partial charge < -0.3 is 15.4 Å². The Morgan fingerprint density at radius 2 is 2.24 bits per heavy atom. The van der Waals surface area contributed by atoms with Gasteiger partial charge in [-0.2, -0.15) is 0 Å². The first-order valence-electron chi connectivity index (χ1n) is 6.06. The van der Waals surface area contributed by atoms with Crippen LogP contribution in [0.2, 0.25) is 0 Å². The third-order valence-corrected chi connectivity index (χ3v) is 3.48. The van der Waals surface area contributed by atoms with Crippen molar-refractivity contribution in [2.45, 2.75) is 25.9 Å². The van der Waals surface area contributed by atoms with Crippen molar-refractivity contribution in [3.8, 4) is 0 Å². The Morgan fingerprint density at radius 3 is 2.82 bits per heavy atom. The number of aromatic nitrogens is 1. The molecule has 1 unspecified atom stereocenters. The van der Waals surface area contributed by atoms with Crippen LogP contribution in [0.5, 0.6) is 0 Å². The van der Waals surface area contributed by atoms with Crippen LogP contribution in [0.4, 0.5) is 11.5 Å². The Kier molecular flexibility index (Phi) is 3.81. The second-order valence-electron chi connectivity index (χ2n) is 4.61. The number of aliphatic hydroxyl groups is 1. The minimum Gasteiger partial charge on any atom is -0.393 e. The standard InChI is InChI=1S/C12H20N4O/c1-9(17)10-3-6-16(7-4-10)11-2-5-14-12(8-11)15-13/h2,5,8-10,17H,3-4,6-7,13H2,1H3,(H,14,15). The molecular formula is C12H20N4O. The highest BCUT2D eigenvalue weighted by Gasteiger charge is 2.22. The molecule has 1 saturated heterocycles. The highest BCUT2D eigenvalue weighted by molar-refractivity contribution is 5.53. The number of piperidine rings is 1. The number of nitrogens with one attached hydrogen (secondary N) is 1. The van der Waals surface area contributed by atoms with Gasteiger partial charge in [0.2, 0.25) is 0 Å². The van der Waals surface area contributed by atoms with Crippen molar-refractivity contribution in [1.82, 2.24) is 4.98 Å². The average molecular weight is 236 g/mol. The first-order chi connectivity index (χ1) is 8.20. The SMILES string of the molecule is CC(O)C1CCN(c2ccnc(NN)c2)CC1. The molecule has 94 valence electrons. The van der Waals surface area contributed by atoms with E-state index in [0.29, 0.717) is 11.7 Å². The smallest absolute Gasteiger partial charge is 0.141 e. The minimum absolute atomic E-state index is 0.198. The predicted molar refractivity (Wildman–Crippen MR) is 68.7 cm³/mol. The normalized spacial score (nSPS) is 19.1. The number of anilines is 2. The second kappa shape index (κ2) is 5.33. The molecule has 5 nitrogen and oxygen atoms in total. The van der Waals surface area contributed by atoms with E-state index >= 15 is 0 Å². The maximum Gasteiger partial charge on any atom is 0.141 e. The Hall–Kier alpha value is -1.33. The fourth-order valence-electron chi connectivity index (χ4n) is 2.34. The minimum atomic E-state index is -0.198. The van der Waals surface area contributed by atoms with Crippen molar-refractivity contribution in [2.75, 3.05) is 23.4 Å². The highest BCUT2D eigenvalue weighted by atomic mass is 16.3. The van der Waals surface area contributed by atoms with Crippen LogP contribution >= 0.6 is 0 Å². The Balaban J connectivity index is 2.00. The van der Waals surface area contributed by atoms with Crippen molar-refractivity contribution in [1.29, 1.82) is 0 Å². The number of nitrogen functional groups attached to an aromatic ring is 1. The van der Waals surface area contributed by atoms with Gasteiger partial charge in [0, 0.05) is 31.0 Å². The number of rotatable bonds is 3. The van der Waals surface area contributed by atoms with E-state index in [1.165, 1.54) is 0 Å². The number of hydrogen-bond acceptors (Lipinski definition) is 5. The van der Waals surface area contributed by atoms with E-state index in [-0.39, 0.29) is 6.10 Å². The first kappa shape index (κ1) is 12.1. The molecule has 1 fully saturated rings. The lowest BCUT2D eigenvalue weighted by atomic mass is 9.92. The largest absolute Gasteiger partial charge is 0.393 e. The third kappa shape index (κ3) is 2.87. The van der Waals surface area contributed by atoms with E-state index in [4.69, 9.17) is 5.84 Å². The molecule has 17 heavy (non-hydrogen) atoms. The van der Waals surface area contributed by atoms with Crippen LogP contribution in [-0.2, 0) is 0 Å². The van der Waals surface area contributed by atoms with E-state index in [1.807, 2.05) is 19.1 Å². The van der Waals surface area contributed by atoms with Gasteiger partial charge in [-0.05, 0) is 31.7 Å². The van der Waals surface area contributed by atoms with E-state index in [0.717, 1.165) is 31.6 Å². The molecular weight excluding hydrogens is 216 g/mol. The molecule has 1 aliphatic heterocycles. The Morgan fingerprint density at radius 1 is 1.53 bits per heavy atom. The number of hydrogen-bond donors (Lipinski definition) is 3. The maximum absolute atomic E-state index is 9.56. The lowest BCUT2D eigenvalue weighted by molar-refractivity contribution is 0.110. The van der Waals surface area contributed by atoms with Crippen LogP contribution in [0.15, 0.2) is 18.3 Å². The van der Waals surface area contributed by atoms with Crippen LogP contribution in [-0.4, -0.2) is 29.3 Å². The van der Waals surface area contributed by atoms with Crippen molar-refractivity contribution >= 4 is 11.5 Å². The number of aliphatic hydroxyl groups excluding tert-OH is 1. The van der Waals surface area contributed by atoms with E-state index < -0.39 is 0 Å². The zero-order chi connectivity index (χ0) is 12.3. The molecule has 0 amide bonds. The lowest BCUT2D eigenvalue weighted by Gasteiger charge is -2.34. The molecule has 2 heterocycles. The molecule has 2 rings (SSSR count). The van der Waals surface area contributed by atoms with E-state index in [9.17, 15) is 5.11 Å². The van der Waals surface area contributed by atoms with Gasteiger partial charge in [0.05, 0.1) is 6.10 Å². The van der Waals surface area contributed by atoms with Gasteiger partial charge in [-0.25, -0.2) is 10.8 Å². The summed E-state index contributed by atoms with van der Waals surface area (Å²) in [4.78, 5) is 6.40. The number of nitrogens with zero attached hydrogens (tertiary/aromatic N) is 2. The average Bonchev–Trinajstić information content (AvgIpc) is 2.39. The molecule has 1 aromatic heterocycles. The highest BCUT2D eigenvalue weighted by Crippen LogP contribution is 2.25.